The molecule has 1 aliphatic rings. The molecule has 7 rings (SSSR count). The van der Waals surface area contributed by atoms with Crippen LogP contribution in [0.3, 0.4) is 0 Å². The first-order chi connectivity index (χ1) is 22.1. The van der Waals surface area contributed by atoms with Gasteiger partial charge in [-0.05, 0) is 51.9 Å². The Bertz CT molecular complexity index is 2170. The molecule has 0 spiro atoms. The van der Waals surface area contributed by atoms with Crippen molar-refractivity contribution in [2.45, 2.75) is 49.2 Å². The number of imidazole rings is 1. The van der Waals surface area contributed by atoms with E-state index in [-0.39, 0.29) is 16.7 Å². The second kappa shape index (κ2) is 11.5. The molecule has 1 saturated heterocycles. The van der Waals surface area contributed by atoms with E-state index in [1.165, 1.54) is 44.3 Å². The number of aliphatic hydroxyl groups excluding tert-OH is 1. The van der Waals surface area contributed by atoms with E-state index < -0.39 is 17.7 Å². The van der Waals surface area contributed by atoms with Gasteiger partial charge in [-0.2, -0.15) is 0 Å². The average Bonchev–Trinajstić information content (AvgIpc) is 3.72. The predicted molar refractivity (Wildman–Crippen MR) is 183 cm³/mol. The highest BCUT2D eigenvalue weighted by Gasteiger charge is 2.49. The molecule has 1 amide bonds. The van der Waals surface area contributed by atoms with Crippen molar-refractivity contribution in [1.82, 2.24) is 19.6 Å². The summed E-state index contributed by atoms with van der Waals surface area (Å²) in [5.41, 5.74) is 4.38. The normalized spacial score (nSPS) is 16.6. The van der Waals surface area contributed by atoms with Gasteiger partial charge in [0.25, 0.3) is 5.78 Å². The predicted octanol–water partition coefficient (Wildman–Crippen LogP) is 7.86. The number of thioether (sulfide) groups is 1. The summed E-state index contributed by atoms with van der Waals surface area (Å²) in [5, 5.41) is 23.3. The molecule has 0 radical (unpaired) electrons. The fraction of sp³-hybridized carbons (Fsp3) is 0.194. The minimum absolute atomic E-state index is 0.0116. The number of pyridine rings is 1. The molecule has 1 aliphatic heterocycles. The zero-order chi connectivity index (χ0) is 32.2. The number of aryl methyl sites for hydroxylation is 1. The maximum atomic E-state index is 13.8. The van der Waals surface area contributed by atoms with Crippen LogP contribution < -0.4 is 4.90 Å². The number of benzene rings is 3. The van der Waals surface area contributed by atoms with Crippen LogP contribution in [0.15, 0.2) is 101 Å². The number of anilines is 1. The van der Waals surface area contributed by atoms with Crippen molar-refractivity contribution < 1.29 is 14.7 Å². The highest BCUT2D eigenvalue weighted by atomic mass is 32.2. The summed E-state index contributed by atoms with van der Waals surface area (Å²) in [7, 11) is 0. The van der Waals surface area contributed by atoms with Gasteiger partial charge in [0.05, 0.1) is 17.3 Å². The molecule has 0 saturated carbocycles. The molecule has 3 aromatic carbocycles. The number of aliphatic hydroxyl groups is 1. The Labute approximate surface area is 274 Å². The van der Waals surface area contributed by atoms with E-state index in [0.717, 1.165) is 5.56 Å². The van der Waals surface area contributed by atoms with Crippen LogP contribution in [0.2, 0.25) is 0 Å². The Kier molecular flexibility index (Phi) is 7.49. The topological polar surface area (TPSA) is 101 Å². The van der Waals surface area contributed by atoms with E-state index in [9.17, 15) is 14.7 Å². The number of amides is 1. The van der Waals surface area contributed by atoms with Gasteiger partial charge in [-0.25, -0.2) is 4.98 Å². The smallest absolute Gasteiger partial charge is 0.301 e. The second-order valence-electron chi connectivity index (χ2n) is 12.3. The van der Waals surface area contributed by atoms with E-state index in [2.05, 4.69) is 60.2 Å². The molecular weight excluding hydrogens is 615 g/mol. The number of hydrogen-bond acceptors (Lipinski definition) is 8. The summed E-state index contributed by atoms with van der Waals surface area (Å²) >= 11 is 2.78. The van der Waals surface area contributed by atoms with Crippen molar-refractivity contribution in [2.75, 3.05) is 4.90 Å². The molecule has 4 heterocycles. The van der Waals surface area contributed by atoms with Gasteiger partial charge in [-0.15, -0.1) is 10.2 Å². The number of carbonyl (C=O) groups is 2. The summed E-state index contributed by atoms with van der Waals surface area (Å²) in [6.45, 7) is 8.15. The van der Waals surface area contributed by atoms with Crippen LogP contribution in [0, 0.1) is 6.92 Å². The molecule has 1 atom stereocenters. The Morgan fingerprint density at radius 1 is 0.935 bits per heavy atom. The van der Waals surface area contributed by atoms with Gasteiger partial charge in [-0.1, -0.05) is 117 Å². The average molecular weight is 646 g/mol. The fourth-order valence-electron chi connectivity index (χ4n) is 5.95. The third-order valence-corrected chi connectivity index (χ3v) is 10.4. The maximum Gasteiger partial charge on any atom is 0.301 e. The highest BCUT2D eigenvalue weighted by Crippen LogP contribution is 2.45. The minimum atomic E-state index is -0.911. The van der Waals surface area contributed by atoms with Crippen LogP contribution in [0.4, 0.5) is 5.13 Å². The molecule has 1 N–H and O–H groups in total. The molecule has 3 aromatic heterocycles. The van der Waals surface area contributed by atoms with Crippen LogP contribution in [0.25, 0.3) is 22.2 Å². The number of fused-ring (bicyclic) bond motifs is 2. The Hall–Kier alpha value is -4.80. The number of Topliss-reactive ketones (excluding diaryl/α,β-unsaturated/α-hetero) is 1. The number of rotatable bonds is 6. The molecule has 0 aliphatic carbocycles. The molecule has 10 heteroatoms. The number of hydrogen-bond donors (Lipinski definition) is 1. The van der Waals surface area contributed by atoms with Gasteiger partial charge in [-0.3, -0.25) is 18.9 Å². The van der Waals surface area contributed by atoms with Crippen LogP contribution in [-0.4, -0.2) is 36.4 Å². The van der Waals surface area contributed by atoms with Gasteiger partial charge in [0.2, 0.25) is 5.13 Å². The number of carbonyl (C=O) groups excluding carboxylic acids is 2. The van der Waals surface area contributed by atoms with Crippen LogP contribution in [-0.2, 0) is 20.8 Å². The van der Waals surface area contributed by atoms with Crippen molar-refractivity contribution in [3.63, 3.8) is 0 Å². The third-order valence-electron chi connectivity index (χ3n) is 8.30. The van der Waals surface area contributed by atoms with Crippen molar-refractivity contribution >= 4 is 62.1 Å². The molecule has 0 bridgehead atoms. The van der Waals surface area contributed by atoms with E-state index in [1.54, 1.807) is 17.5 Å². The van der Waals surface area contributed by atoms with E-state index in [1.807, 2.05) is 60.7 Å². The maximum absolute atomic E-state index is 13.8. The van der Waals surface area contributed by atoms with Gasteiger partial charge in [0.15, 0.2) is 10.1 Å². The van der Waals surface area contributed by atoms with Crippen molar-refractivity contribution in [3.8, 4) is 0 Å². The van der Waals surface area contributed by atoms with E-state index in [4.69, 9.17) is 0 Å². The van der Waals surface area contributed by atoms with E-state index >= 15 is 0 Å². The first-order valence-corrected chi connectivity index (χ1v) is 16.7. The molecule has 1 unspecified atom stereocenters. The van der Waals surface area contributed by atoms with Gasteiger partial charge < -0.3 is 5.11 Å². The first kappa shape index (κ1) is 29.9. The molecule has 6 aromatic rings. The van der Waals surface area contributed by atoms with Crippen molar-refractivity contribution in [3.05, 3.63) is 125 Å². The van der Waals surface area contributed by atoms with Crippen molar-refractivity contribution in [1.29, 1.82) is 0 Å². The summed E-state index contributed by atoms with van der Waals surface area (Å²) < 4.78 is 2.40. The van der Waals surface area contributed by atoms with Crippen LogP contribution in [0.5, 0.6) is 0 Å². The molecule has 46 heavy (non-hydrogen) atoms. The lowest BCUT2D eigenvalue weighted by Gasteiger charge is -2.24. The number of ketones is 1. The molecular formula is C36H31N5O3S2. The Balaban J connectivity index is 1.30. The molecule has 1 fully saturated rings. The second-order valence-corrected chi connectivity index (χ2v) is 14.5. The number of nitrogens with zero attached hydrogens (tertiary/aromatic N) is 5. The Morgan fingerprint density at radius 3 is 2.46 bits per heavy atom. The molecule has 8 nitrogen and oxygen atoms in total. The summed E-state index contributed by atoms with van der Waals surface area (Å²) in [6.07, 6.45) is 1.78. The lowest BCUT2D eigenvalue weighted by molar-refractivity contribution is -0.132. The lowest BCUT2D eigenvalue weighted by atomic mass is 9.85. The van der Waals surface area contributed by atoms with Gasteiger partial charge >= 0.3 is 5.91 Å². The Morgan fingerprint density at radius 2 is 1.67 bits per heavy atom. The number of aromatic nitrogens is 4. The standard InChI is InChI=1S/C36H31N5O3S2/c1-21-29(40-19-8-7-14-27(40)37-21)31(42)28-30(23-15-17-25(18-16-23)36(2,3)4)41(33(44)32(28)43)34-38-39-35(46-34)45-20-24-12-9-11-22-10-5-6-13-26(22)24/h5-19,30,42H,20H2,1-4H3/b31-28+. The lowest BCUT2D eigenvalue weighted by Crippen LogP contribution is -2.29. The first-order valence-electron chi connectivity index (χ1n) is 14.9. The fourth-order valence-corrected chi connectivity index (χ4v) is 7.82. The zero-order valence-corrected chi connectivity index (χ0v) is 27.4. The van der Waals surface area contributed by atoms with Crippen LogP contribution in [0.1, 0.15) is 54.9 Å². The quantitative estimate of drug-likeness (QED) is 0.0647. The summed E-state index contributed by atoms with van der Waals surface area (Å²) in [6, 6.07) is 26.9. The SMILES string of the molecule is Cc1nc2ccccn2c1/C(O)=C1\C(=O)C(=O)N(c2nnc(SCc3cccc4ccccc34)s2)C1c1ccc(C(C)(C)C)cc1. The van der Waals surface area contributed by atoms with Gasteiger partial charge in [0, 0.05) is 11.9 Å². The monoisotopic (exact) mass is 645 g/mol. The minimum Gasteiger partial charge on any atom is -0.505 e. The summed E-state index contributed by atoms with van der Waals surface area (Å²) in [4.78, 5) is 33.6. The van der Waals surface area contributed by atoms with E-state index in [0.29, 0.717) is 37.8 Å². The highest BCUT2D eigenvalue weighted by molar-refractivity contribution is 8.00. The van der Waals surface area contributed by atoms with Crippen molar-refractivity contribution in [2.24, 2.45) is 0 Å². The van der Waals surface area contributed by atoms with Gasteiger partial charge in [0.1, 0.15) is 11.3 Å². The summed E-state index contributed by atoms with van der Waals surface area (Å²) in [5.74, 6) is -1.16. The molecule has 230 valence electrons. The third kappa shape index (κ3) is 5.17. The van der Waals surface area contributed by atoms with Crippen LogP contribution >= 0.6 is 23.1 Å². The zero-order valence-electron chi connectivity index (χ0n) is 25.8. The largest absolute Gasteiger partial charge is 0.505 e.